The van der Waals surface area contributed by atoms with Gasteiger partial charge in [-0.25, -0.2) is 8.42 Å². The van der Waals surface area contributed by atoms with E-state index in [4.69, 9.17) is 0 Å². The highest BCUT2D eigenvalue weighted by atomic mass is 35.5. The van der Waals surface area contributed by atoms with Gasteiger partial charge in [0.1, 0.15) is 0 Å². The van der Waals surface area contributed by atoms with Gasteiger partial charge in [0.2, 0.25) is 10.0 Å². The number of nitrogens with zero attached hydrogens (tertiary/aromatic N) is 3. The summed E-state index contributed by atoms with van der Waals surface area (Å²) in [4.78, 5) is 17.4. The van der Waals surface area contributed by atoms with E-state index >= 15 is 0 Å². The maximum absolute atomic E-state index is 13.0. The number of rotatable bonds is 6. The summed E-state index contributed by atoms with van der Waals surface area (Å²) in [6, 6.07) is 6.86. The number of halogens is 1. The third-order valence-corrected chi connectivity index (χ3v) is 7.59. The van der Waals surface area contributed by atoms with Crippen molar-refractivity contribution < 1.29 is 13.2 Å². The molecule has 3 rings (SSSR count). The zero-order valence-electron chi connectivity index (χ0n) is 16.6. The van der Waals surface area contributed by atoms with E-state index in [0.29, 0.717) is 31.2 Å². The number of amides is 1. The van der Waals surface area contributed by atoms with Crippen molar-refractivity contribution in [1.29, 1.82) is 0 Å². The monoisotopic (exact) mass is 430 g/mol. The van der Waals surface area contributed by atoms with Gasteiger partial charge in [-0.3, -0.25) is 9.69 Å². The first kappa shape index (κ1) is 23.1. The van der Waals surface area contributed by atoms with Crippen LogP contribution in [0.1, 0.15) is 30.6 Å². The molecule has 9 heteroatoms. The first-order chi connectivity index (χ1) is 13.0. The quantitative estimate of drug-likeness (QED) is 0.735. The molecule has 1 aromatic carbocycles. The highest BCUT2D eigenvalue weighted by Gasteiger charge is 2.32. The molecule has 1 atom stereocenters. The van der Waals surface area contributed by atoms with Crippen LogP contribution in [0.5, 0.6) is 0 Å². The van der Waals surface area contributed by atoms with Crippen molar-refractivity contribution >= 4 is 28.3 Å². The molecule has 2 heterocycles. The lowest BCUT2D eigenvalue weighted by Gasteiger charge is -2.32. The molecular formula is C19H31ClN4O3S. The average Bonchev–Trinajstić information content (AvgIpc) is 3.19. The van der Waals surface area contributed by atoms with Crippen molar-refractivity contribution in [1.82, 2.24) is 19.4 Å². The Bertz CT molecular complexity index is 764. The Morgan fingerprint density at radius 1 is 1.18 bits per heavy atom. The second-order valence-electron chi connectivity index (χ2n) is 7.10. The van der Waals surface area contributed by atoms with E-state index in [0.717, 1.165) is 39.1 Å². The van der Waals surface area contributed by atoms with Gasteiger partial charge in [-0.1, -0.05) is 19.9 Å². The molecule has 0 aliphatic carbocycles. The fourth-order valence-corrected chi connectivity index (χ4v) is 5.46. The molecule has 1 aromatic rings. The number of piperazine rings is 1. The van der Waals surface area contributed by atoms with Crippen LogP contribution < -0.4 is 5.32 Å². The first-order valence-electron chi connectivity index (χ1n) is 9.81. The van der Waals surface area contributed by atoms with Gasteiger partial charge in [0.05, 0.1) is 4.90 Å². The van der Waals surface area contributed by atoms with Crippen LogP contribution in [0.3, 0.4) is 0 Å². The molecule has 1 N–H and O–H groups in total. The van der Waals surface area contributed by atoms with Crippen LogP contribution in [0.4, 0.5) is 0 Å². The van der Waals surface area contributed by atoms with Gasteiger partial charge in [-0.15, -0.1) is 12.4 Å². The summed E-state index contributed by atoms with van der Waals surface area (Å²) in [5.41, 5.74) is 0.448. The third-order valence-electron chi connectivity index (χ3n) is 5.54. The van der Waals surface area contributed by atoms with E-state index in [1.54, 1.807) is 18.2 Å². The molecule has 2 fully saturated rings. The second kappa shape index (κ2) is 10.0. The van der Waals surface area contributed by atoms with E-state index in [1.807, 2.05) is 18.7 Å². The molecule has 2 aliphatic rings. The lowest BCUT2D eigenvalue weighted by molar-refractivity contribution is 0.0773. The predicted molar refractivity (Wildman–Crippen MR) is 113 cm³/mol. The molecule has 0 saturated carbocycles. The number of hydrogen-bond acceptors (Lipinski definition) is 5. The van der Waals surface area contributed by atoms with Crippen LogP contribution >= 0.6 is 12.4 Å². The van der Waals surface area contributed by atoms with Crippen molar-refractivity contribution in [3.8, 4) is 0 Å². The fraction of sp³-hybridized carbons (Fsp3) is 0.632. The van der Waals surface area contributed by atoms with Gasteiger partial charge in [0.15, 0.2) is 0 Å². The molecule has 1 amide bonds. The largest absolute Gasteiger partial charge is 0.337 e. The molecule has 28 heavy (non-hydrogen) atoms. The molecule has 0 aromatic heterocycles. The van der Waals surface area contributed by atoms with Crippen molar-refractivity contribution in [2.75, 3.05) is 52.4 Å². The number of hydrogen-bond donors (Lipinski definition) is 1. The normalized spacial score (nSPS) is 21.0. The smallest absolute Gasteiger partial charge is 0.253 e. The summed E-state index contributed by atoms with van der Waals surface area (Å²) in [7, 11) is -3.56. The Kier molecular flexibility index (Phi) is 8.27. The molecule has 2 saturated heterocycles. The van der Waals surface area contributed by atoms with Crippen LogP contribution in [0.15, 0.2) is 29.2 Å². The van der Waals surface area contributed by atoms with Gasteiger partial charge < -0.3 is 10.2 Å². The molecule has 2 aliphatic heterocycles. The number of likely N-dealkylation sites (tertiary alicyclic amines) is 1. The highest BCUT2D eigenvalue weighted by molar-refractivity contribution is 7.89. The fourth-order valence-electron chi connectivity index (χ4n) is 3.96. The predicted octanol–water partition coefficient (Wildman–Crippen LogP) is 1.26. The van der Waals surface area contributed by atoms with Gasteiger partial charge in [0, 0.05) is 64.0 Å². The number of carbonyl (C=O) groups is 1. The van der Waals surface area contributed by atoms with Gasteiger partial charge >= 0.3 is 0 Å². The van der Waals surface area contributed by atoms with Crippen LogP contribution in [-0.4, -0.2) is 86.8 Å². The topological polar surface area (TPSA) is 73.0 Å². The van der Waals surface area contributed by atoms with Crippen LogP contribution in [-0.2, 0) is 10.0 Å². The molecule has 0 radical (unpaired) electrons. The van der Waals surface area contributed by atoms with Gasteiger partial charge in [0.25, 0.3) is 5.91 Å². The minimum absolute atomic E-state index is 0. The molecule has 0 spiro atoms. The van der Waals surface area contributed by atoms with Crippen molar-refractivity contribution in [3.05, 3.63) is 29.8 Å². The minimum Gasteiger partial charge on any atom is -0.337 e. The minimum atomic E-state index is -3.56. The highest BCUT2D eigenvalue weighted by Crippen LogP contribution is 2.21. The second-order valence-corrected chi connectivity index (χ2v) is 9.03. The zero-order valence-corrected chi connectivity index (χ0v) is 18.3. The van der Waals surface area contributed by atoms with Gasteiger partial charge in [-0.2, -0.15) is 4.31 Å². The summed E-state index contributed by atoms with van der Waals surface area (Å²) in [5, 5.41) is 3.35. The number of nitrogens with one attached hydrogen (secondary N) is 1. The summed E-state index contributed by atoms with van der Waals surface area (Å²) >= 11 is 0. The molecule has 7 nitrogen and oxygen atoms in total. The van der Waals surface area contributed by atoms with Crippen molar-refractivity contribution in [2.24, 2.45) is 0 Å². The lowest BCUT2D eigenvalue weighted by atomic mass is 10.2. The zero-order chi connectivity index (χ0) is 19.4. The van der Waals surface area contributed by atoms with E-state index in [9.17, 15) is 13.2 Å². The Hall–Kier alpha value is -1.19. The van der Waals surface area contributed by atoms with E-state index in [-0.39, 0.29) is 23.2 Å². The standard InChI is InChI=1S/C19H30N4O3S.ClH/c1-3-23(4-2)27(25,26)18-7-5-6-16(14-18)19(24)22-11-8-17(15-22)21-12-9-20-10-13-21;/h5-7,14,17,20H,3-4,8-13,15H2,1-2H3;1H. The summed E-state index contributed by atoms with van der Waals surface area (Å²) in [6.45, 7) is 9.92. The average molecular weight is 431 g/mol. The van der Waals surface area contributed by atoms with E-state index in [1.165, 1.54) is 10.4 Å². The maximum Gasteiger partial charge on any atom is 0.253 e. The van der Waals surface area contributed by atoms with Crippen molar-refractivity contribution in [2.45, 2.75) is 31.2 Å². The Morgan fingerprint density at radius 3 is 2.50 bits per heavy atom. The van der Waals surface area contributed by atoms with E-state index < -0.39 is 10.0 Å². The lowest BCUT2D eigenvalue weighted by Crippen LogP contribution is -2.49. The van der Waals surface area contributed by atoms with Crippen LogP contribution in [0.25, 0.3) is 0 Å². The third kappa shape index (κ3) is 4.86. The maximum atomic E-state index is 13.0. The Balaban J connectivity index is 0.00000280. The molecule has 1 unspecified atom stereocenters. The summed E-state index contributed by atoms with van der Waals surface area (Å²) in [5.74, 6) is -0.0794. The summed E-state index contributed by atoms with van der Waals surface area (Å²) in [6.07, 6.45) is 0.975. The van der Waals surface area contributed by atoms with E-state index in [2.05, 4.69) is 10.2 Å². The first-order valence-corrected chi connectivity index (χ1v) is 11.3. The Labute approximate surface area is 174 Å². The Morgan fingerprint density at radius 2 is 1.86 bits per heavy atom. The van der Waals surface area contributed by atoms with Crippen molar-refractivity contribution in [3.63, 3.8) is 0 Å². The summed E-state index contributed by atoms with van der Waals surface area (Å²) < 4.78 is 26.9. The molecular weight excluding hydrogens is 400 g/mol. The number of sulfonamides is 1. The number of carbonyl (C=O) groups excluding carboxylic acids is 1. The van der Waals surface area contributed by atoms with Gasteiger partial charge in [-0.05, 0) is 24.6 Å². The number of benzene rings is 1. The van der Waals surface area contributed by atoms with Crippen LogP contribution in [0, 0.1) is 0 Å². The molecule has 0 bridgehead atoms. The molecule has 158 valence electrons. The SMILES string of the molecule is CCN(CC)S(=O)(=O)c1cccc(C(=O)N2CCC(N3CCNCC3)C2)c1.Cl. The van der Waals surface area contributed by atoms with Crippen LogP contribution in [0.2, 0.25) is 0 Å².